The predicted octanol–water partition coefficient (Wildman–Crippen LogP) is 16.8. The summed E-state index contributed by atoms with van der Waals surface area (Å²) in [6, 6.07) is 87.1. The van der Waals surface area contributed by atoms with E-state index in [9.17, 15) is 0 Å². The van der Waals surface area contributed by atoms with Crippen molar-refractivity contribution in [2.24, 2.45) is 0 Å². The lowest BCUT2D eigenvalue weighted by molar-refractivity contribution is 0.660. The molecule has 0 atom stereocenters. The van der Waals surface area contributed by atoms with Crippen LogP contribution in [-0.4, -0.2) is 0 Å². The lowest BCUT2D eigenvalue weighted by Crippen LogP contribution is -2.28. The van der Waals surface area contributed by atoms with Crippen molar-refractivity contribution in [1.29, 1.82) is 0 Å². The highest BCUT2D eigenvalue weighted by Gasteiger charge is 2.47. The number of benzene rings is 10. The van der Waals surface area contributed by atoms with Gasteiger partial charge in [0.15, 0.2) is 0 Å². The highest BCUT2D eigenvalue weighted by Crippen LogP contribution is 2.59. The number of para-hydroxylation sites is 2. The fraction of sp³-hybridized carbons (Fsp3) is 0.0625. The Hall–Kier alpha value is -8.00. The van der Waals surface area contributed by atoms with Gasteiger partial charge in [0.25, 0.3) is 0 Å². The fourth-order valence-electron chi connectivity index (χ4n) is 11.2. The van der Waals surface area contributed by atoms with E-state index in [0.29, 0.717) is 0 Å². The van der Waals surface area contributed by atoms with Crippen molar-refractivity contribution in [3.63, 3.8) is 0 Å². The van der Waals surface area contributed by atoms with E-state index >= 15 is 0 Å². The third kappa shape index (κ3) is 6.07. The van der Waals surface area contributed by atoms with Crippen molar-refractivity contribution in [3.8, 4) is 33.4 Å². The third-order valence-corrected chi connectivity index (χ3v) is 14.2. The van der Waals surface area contributed by atoms with Crippen molar-refractivity contribution in [2.75, 3.05) is 4.90 Å². The Morgan fingerprint density at radius 3 is 1.54 bits per heavy atom. The minimum absolute atomic E-state index is 0.176. The van der Waals surface area contributed by atoms with Crippen LogP contribution in [0, 0.1) is 0 Å². The summed E-state index contributed by atoms with van der Waals surface area (Å²) in [6.45, 7) is 4.75. The van der Waals surface area contributed by atoms with Crippen molar-refractivity contribution in [1.82, 2.24) is 0 Å². The largest absolute Gasteiger partial charge is 0.310 e. The molecule has 0 saturated carbocycles. The Morgan fingerprint density at radius 1 is 0.338 bits per heavy atom. The molecule has 0 unspecified atom stereocenters. The molecule has 1 heteroatoms. The van der Waals surface area contributed by atoms with Crippen molar-refractivity contribution < 1.29 is 0 Å². The maximum Gasteiger partial charge on any atom is 0.0713 e. The summed E-state index contributed by atoms with van der Waals surface area (Å²) in [7, 11) is 0. The smallest absolute Gasteiger partial charge is 0.0713 e. The Kier molecular flexibility index (Phi) is 9.14. The standard InChI is InChI=1S/C64H47N/c1-63(2)60-42-44(35-39-54(60)55-41-38-50(43-61(55)63)65(48-24-11-5-12-25-48)49-26-13-6-14-27-49)34-36-45-37-40-53(52-29-16-15-28-51(45)52)56-31-19-33-59-62(56)57-30-17-18-32-58(57)64(59,46-20-7-3-8-21-46)47-22-9-4-10-23-47/h3-43H,1-2H3. The Balaban J connectivity index is 0.923. The second-order valence-electron chi connectivity index (χ2n) is 18.0. The van der Waals surface area contributed by atoms with Crippen LogP contribution >= 0.6 is 0 Å². The summed E-state index contributed by atoms with van der Waals surface area (Å²) in [5, 5.41) is 2.49. The molecule has 0 spiro atoms. The summed E-state index contributed by atoms with van der Waals surface area (Å²) in [4.78, 5) is 2.36. The first-order valence-electron chi connectivity index (χ1n) is 22.8. The van der Waals surface area contributed by atoms with Crippen LogP contribution in [0.2, 0.25) is 0 Å². The lowest BCUT2D eigenvalue weighted by atomic mass is 9.67. The van der Waals surface area contributed by atoms with E-state index in [2.05, 4.69) is 267 Å². The van der Waals surface area contributed by atoms with Gasteiger partial charge in [0.1, 0.15) is 0 Å². The molecule has 0 bridgehead atoms. The topological polar surface area (TPSA) is 3.24 Å². The number of nitrogens with zero attached hydrogens (tertiary/aromatic N) is 1. The molecule has 0 amide bonds. The molecular formula is C64H47N. The second kappa shape index (κ2) is 15.4. The highest BCUT2D eigenvalue weighted by molar-refractivity contribution is 6.06. The van der Waals surface area contributed by atoms with Gasteiger partial charge in [0.2, 0.25) is 0 Å². The number of hydrogen-bond donors (Lipinski definition) is 0. The average molecular weight is 830 g/mol. The van der Waals surface area contributed by atoms with Crippen LogP contribution in [0.25, 0.3) is 56.3 Å². The second-order valence-corrected chi connectivity index (χ2v) is 18.0. The van der Waals surface area contributed by atoms with E-state index in [1.807, 2.05) is 0 Å². The molecule has 0 fully saturated rings. The van der Waals surface area contributed by atoms with Gasteiger partial charge in [0, 0.05) is 22.5 Å². The van der Waals surface area contributed by atoms with Crippen LogP contribution in [0.4, 0.5) is 17.1 Å². The van der Waals surface area contributed by atoms with Gasteiger partial charge in [0.05, 0.1) is 5.41 Å². The van der Waals surface area contributed by atoms with Crippen LogP contribution in [0.15, 0.2) is 237 Å². The first-order chi connectivity index (χ1) is 32.0. The van der Waals surface area contributed by atoms with Crippen LogP contribution in [0.5, 0.6) is 0 Å². The van der Waals surface area contributed by atoms with Crippen molar-refractivity contribution in [3.05, 3.63) is 281 Å². The van der Waals surface area contributed by atoms with Gasteiger partial charge in [-0.3, -0.25) is 0 Å². The molecular weight excluding hydrogens is 783 g/mol. The minimum Gasteiger partial charge on any atom is -0.310 e. The minimum atomic E-state index is -0.443. The summed E-state index contributed by atoms with van der Waals surface area (Å²) in [5.74, 6) is 0. The summed E-state index contributed by atoms with van der Waals surface area (Å²) >= 11 is 0. The summed E-state index contributed by atoms with van der Waals surface area (Å²) in [6.07, 6.45) is 4.60. The van der Waals surface area contributed by atoms with E-state index in [0.717, 1.165) is 17.1 Å². The molecule has 10 aromatic carbocycles. The quantitative estimate of drug-likeness (QED) is 0.138. The molecule has 0 saturated heterocycles. The lowest BCUT2D eigenvalue weighted by Gasteiger charge is -2.34. The molecule has 2 aliphatic carbocycles. The first kappa shape index (κ1) is 38.7. The zero-order valence-corrected chi connectivity index (χ0v) is 36.6. The monoisotopic (exact) mass is 829 g/mol. The van der Waals surface area contributed by atoms with Crippen molar-refractivity contribution >= 4 is 40.0 Å². The number of hydrogen-bond acceptors (Lipinski definition) is 1. The van der Waals surface area contributed by atoms with Gasteiger partial charge in [-0.15, -0.1) is 0 Å². The number of anilines is 3. The normalized spacial score (nSPS) is 13.9. The van der Waals surface area contributed by atoms with Gasteiger partial charge < -0.3 is 4.90 Å². The van der Waals surface area contributed by atoms with E-state index in [1.54, 1.807) is 0 Å². The molecule has 0 N–H and O–H groups in total. The van der Waals surface area contributed by atoms with Crippen molar-refractivity contribution in [2.45, 2.75) is 24.7 Å². The zero-order valence-electron chi connectivity index (χ0n) is 36.6. The van der Waals surface area contributed by atoms with Gasteiger partial charge >= 0.3 is 0 Å². The SMILES string of the molecule is CC1(C)c2cc(C=Cc3ccc(-c4cccc5c4-c4ccccc4C5(c4ccccc4)c4ccccc4)c4ccccc34)ccc2-c2ccc(N(c3ccccc3)c3ccccc3)cc21. The van der Waals surface area contributed by atoms with E-state index in [1.165, 1.54) is 88.7 Å². The first-order valence-corrected chi connectivity index (χ1v) is 22.8. The maximum atomic E-state index is 2.41. The molecule has 65 heavy (non-hydrogen) atoms. The molecule has 0 aromatic heterocycles. The third-order valence-electron chi connectivity index (χ3n) is 14.2. The van der Waals surface area contributed by atoms with Gasteiger partial charge in [-0.05, 0) is 125 Å². The number of rotatable bonds is 8. The average Bonchev–Trinajstić information content (AvgIpc) is 3.80. The highest BCUT2D eigenvalue weighted by atomic mass is 15.1. The molecule has 12 rings (SSSR count). The predicted molar refractivity (Wildman–Crippen MR) is 274 cm³/mol. The Bertz CT molecular complexity index is 3360. The molecule has 2 aliphatic rings. The van der Waals surface area contributed by atoms with Gasteiger partial charge in [-0.1, -0.05) is 226 Å². The van der Waals surface area contributed by atoms with E-state index in [-0.39, 0.29) is 5.41 Å². The van der Waals surface area contributed by atoms with Crippen LogP contribution in [-0.2, 0) is 10.8 Å². The molecule has 0 radical (unpaired) electrons. The number of fused-ring (bicyclic) bond motifs is 7. The van der Waals surface area contributed by atoms with Crippen LogP contribution in [0.1, 0.15) is 58.4 Å². The Morgan fingerprint density at radius 2 is 0.862 bits per heavy atom. The van der Waals surface area contributed by atoms with Crippen LogP contribution in [0.3, 0.4) is 0 Å². The van der Waals surface area contributed by atoms with Crippen LogP contribution < -0.4 is 4.90 Å². The summed E-state index contributed by atoms with van der Waals surface area (Å²) in [5.41, 5.74) is 20.9. The fourth-order valence-corrected chi connectivity index (χ4v) is 11.2. The molecule has 1 nitrogen and oxygen atoms in total. The molecule has 10 aromatic rings. The zero-order chi connectivity index (χ0) is 43.5. The van der Waals surface area contributed by atoms with E-state index in [4.69, 9.17) is 0 Å². The molecule has 308 valence electrons. The maximum absolute atomic E-state index is 2.41. The molecule has 0 heterocycles. The summed E-state index contributed by atoms with van der Waals surface area (Å²) < 4.78 is 0. The van der Waals surface area contributed by atoms with Gasteiger partial charge in [-0.25, -0.2) is 0 Å². The van der Waals surface area contributed by atoms with Gasteiger partial charge in [-0.2, -0.15) is 0 Å². The molecule has 0 aliphatic heterocycles. The Labute approximate surface area is 382 Å². The van der Waals surface area contributed by atoms with E-state index < -0.39 is 5.41 Å².